The van der Waals surface area contributed by atoms with Gasteiger partial charge in [0.05, 0.1) is 7.11 Å². The van der Waals surface area contributed by atoms with Crippen molar-refractivity contribution in [1.29, 1.82) is 0 Å². The average molecular weight is 254 g/mol. The lowest BCUT2D eigenvalue weighted by Gasteiger charge is -2.23. The molecule has 1 unspecified atom stereocenters. The predicted octanol–water partition coefficient (Wildman–Crippen LogP) is 1.82. The number of benzene rings is 1. The number of aliphatic carboxylic acids is 1. The minimum atomic E-state index is -1.72. The molecule has 0 saturated heterocycles. The second-order valence-electron chi connectivity index (χ2n) is 5.10. The van der Waals surface area contributed by atoms with E-state index >= 15 is 0 Å². The van der Waals surface area contributed by atoms with Crippen molar-refractivity contribution in [2.45, 2.75) is 32.3 Å². The summed E-state index contributed by atoms with van der Waals surface area (Å²) < 4.78 is 5.07. The van der Waals surface area contributed by atoms with Gasteiger partial charge in [-0.25, -0.2) is 4.79 Å². The summed E-state index contributed by atoms with van der Waals surface area (Å²) in [6.45, 7) is 5.73. The van der Waals surface area contributed by atoms with Gasteiger partial charge >= 0.3 is 5.97 Å². The van der Waals surface area contributed by atoms with E-state index in [1.807, 2.05) is 20.8 Å². The molecule has 3 N–H and O–H groups in total. The molecule has 5 heteroatoms. The Morgan fingerprint density at radius 2 is 1.89 bits per heavy atom. The van der Waals surface area contributed by atoms with E-state index in [2.05, 4.69) is 0 Å². The number of carboxylic acid groups (broad SMARTS) is 1. The van der Waals surface area contributed by atoms with Crippen LogP contribution in [0.4, 0.5) is 0 Å². The highest BCUT2D eigenvalue weighted by atomic mass is 16.5. The zero-order valence-corrected chi connectivity index (χ0v) is 10.9. The number of aliphatic hydroxyl groups is 1. The van der Waals surface area contributed by atoms with E-state index in [-0.39, 0.29) is 22.5 Å². The molecule has 1 aromatic carbocycles. The first-order valence-electron chi connectivity index (χ1n) is 5.50. The summed E-state index contributed by atoms with van der Waals surface area (Å²) in [6.07, 6.45) is -1.72. The highest BCUT2D eigenvalue weighted by Gasteiger charge is 2.26. The molecule has 100 valence electrons. The molecule has 0 aromatic heterocycles. The van der Waals surface area contributed by atoms with E-state index in [9.17, 15) is 15.0 Å². The van der Waals surface area contributed by atoms with Gasteiger partial charge in [-0.05, 0) is 17.5 Å². The van der Waals surface area contributed by atoms with E-state index < -0.39 is 12.1 Å². The van der Waals surface area contributed by atoms with Crippen LogP contribution in [0.3, 0.4) is 0 Å². The Bertz CT molecular complexity index is 459. The van der Waals surface area contributed by atoms with Gasteiger partial charge in [-0.3, -0.25) is 0 Å². The summed E-state index contributed by atoms with van der Waals surface area (Å²) >= 11 is 0. The smallest absolute Gasteiger partial charge is 0.337 e. The van der Waals surface area contributed by atoms with Crippen molar-refractivity contribution >= 4 is 5.97 Å². The number of phenols is 1. The van der Waals surface area contributed by atoms with Gasteiger partial charge in [0.2, 0.25) is 0 Å². The normalized spacial score (nSPS) is 13.2. The largest absolute Gasteiger partial charge is 0.508 e. The highest BCUT2D eigenvalue weighted by Crippen LogP contribution is 2.38. The number of aromatic hydroxyl groups is 1. The Morgan fingerprint density at radius 3 is 2.28 bits per heavy atom. The number of methoxy groups -OCH3 is 1. The Labute approximate surface area is 106 Å². The lowest BCUT2D eigenvalue weighted by Crippen LogP contribution is -2.15. The first kappa shape index (κ1) is 14.3. The molecule has 0 aliphatic rings. The zero-order chi connectivity index (χ0) is 14.1. The van der Waals surface area contributed by atoms with E-state index in [1.54, 1.807) is 6.07 Å². The van der Waals surface area contributed by atoms with Gasteiger partial charge < -0.3 is 20.1 Å². The van der Waals surface area contributed by atoms with Crippen LogP contribution in [0, 0.1) is 0 Å². The van der Waals surface area contributed by atoms with Crippen LogP contribution in [-0.4, -0.2) is 28.4 Å². The quantitative estimate of drug-likeness (QED) is 0.765. The topological polar surface area (TPSA) is 87.0 Å². The standard InChI is InChI=1S/C13H18O5/c1-13(2,3)8-6-10(18-4)7(5-9(8)14)11(15)12(16)17/h5-6,11,14-15H,1-4H3,(H,16,17). The van der Waals surface area contributed by atoms with Gasteiger partial charge in [0.25, 0.3) is 0 Å². The maximum absolute atomic E-state index is 10.8. The van der Waals surface area contributed by atoms with Gasteiger partial charge in [-0.2, -0.15) is 0 Å². The molecular formula is C13H18O5. The molecule has 0 aliphatic carbocycles. The third-order valence-electron chi connectivity index (χ3n) is 2.68. The predicted molar refractivity (Wildman–Crippen MR) is 66.0 cm³/mol. The van der Waals surface area contributed by atoms with Gasteiger partial charge in [0, 0.05) is 11.1 Å². The lowest BCUT2D eigenvalue weighted by atomic mass is 9.85. The van der Waals surface area contributed by atoms with Crippen LogP contribution in [0.1, 0.15) is 38.0 Å². The molecule has 0 amide bonds. The fraction of sp³-hybridized carbons (Fsp3) is 0.462. The van der Waals surface area contributed by atoms with Crippen molar-refractivity contribution in [3.63, 3.8) is 0 Å². The molecule has 0 bridgehead atoms. The van der Waals surface area contributed by atoms with Crippen LogP contribution in [-0.2, 0) is 10.2 Å². The monoisotopic (exact) mass is 254 g/mol. The van der Waals surface area contributed by atoms with E-state index in [1.165, 1.54) is 13.2 Å². The molecule has 18 heavy (non-hydrogen) atoms. The third kappa shape index (κ3) is 2.73. The highest BCUT2D eigenvalue weighted by molar-refractivity contribution is 5.75. The van der Waals surface area contributed by atoms with Gasteiger partial charge in [0.1, 0.15) is 11.5 Å². The number of carboxylic acids is 1. The van der Waals surface area contributed by atoms with E-state index in [0.717, 1.165) is 0 Å². The van der Waals surface area contributed by atoms with Gasteiger partial charge in [0.15, 0.2) is 6.10 Å². The molecule has 1 rings (SSSR count). The van der Waals surface area contributed by atoms with Crippen molar-refractivity contribution in [1.82, 2.24) is 0 Å². The number of ether oxygens (including phenoxy) is 1. The number of hydrogen-bond acceptors (Lipinski definition) is 4. The molecule has 0 spiro atoms. The fourth-order valence-corrected chi connectivity index (χ4v) is 1.71. The minimum absolute atomic E-state index is 0.0375. The number of phenolic OH excluding ortho intramolecular Hbond substituents is 1. The second-order valence-corrected chi connectivity index (χ2v) is 5.10. The minimum Gasteiger partial charge on any atom is -0.508 e. The van der Waals surface area contributed by atoms with Crippen molar-refractivity contribution in [3.8, 4) is 11.5 Å². The van der Waals surface area contributed by atoms with Crippen LogP contribution < -0.4 is 4.74 Å². The molecule has 0 saturated carbocycles. The van der Waals surface area contributed by atoms with Gasteiger partial charge in [-0.1, -0.05) is 20.8 Å². The Kier molecular flexibility index (Phi) is 3.86. The lowest BCUT2D eigenvalue weighted by molar-refractivity contribution is -0.147. The number of rotatable bonds is 3. The van der Waals surface area contributed by atoms with Crippen LogP contribution >= 0.6 is 0 Å². The van der Waals surface area contributed by atoms with Crippen LogP contribution in [0.2, 0.25) is 0 Å². The maximum Gasteiger partial charge on any atom is 0.337 e. The number of carbonyl (C=O) groups is 1. The Hall–Kier alpha value is -1.75. The summed E-state index contributed by atoms with van der Waals surface area (Å²) in [7, 11) is 1.39. The van der Waals surface area contributed by atoms with Crippen molar-refractivity contribution < 1.29 is 24.9 Å². The molecule has 0 radical (unpaired) electrons. The number of aliphatic hydroxyl groups excluding tert-OH is 1. The van der Waals surface area contributed by atoms with Crippen molar-refractivity contribution in [2.75, 3.05) is 7.11 Å². The van der Waals surface area contributed by atoms with Gasteiger partial charge in [-0.15, -0.1) is 0 Å². The zero-order valence-electron chi connectivity index (χ0n) is 10.9. The molecule has 0 aliphatic heterocycles. The van der Waals surface area contributed by atoms with E-state index in [4.69, 9.17) is 9.84 Å². The average Bonchev–Trinajstić information content (AvgIpc) is 2.25. The summed E-state index contributed by atoms with van der Waals surface area (Å²) in [5.41, 5.74) is 0.348. The molecular weight excluding hydrogens is 236 g/mol. The summed E-state index contributed by atoms with van der Waals surface area (Å²) in [4.78, 5) is 10.8. The summed E-state index contributed by atoms with van der Waals surface area (Å²) in [5.74, 6) is -1.21. The van der Waals surface area contributed by atoms with E-state index in [0.29, 0.717) is 5.56 Å². The van der Waals surface area contributed by atoms with Crippen molar-refractivity contribution in [2.24, 2.45) is 0 Å². The fourth-order valence-electron chi connectivity index (χ4n) is 1.71. The molecule has 1 aromatic rings. The SMILES string of the molecule is COc1cc(C(C)(C)C)c(O)cc1C(O)C(=O)O. The molecule has 0 fully saturated rings. The van der Waals surface area contributed by atoms with Crippen molar-refractivity contribution in [3.05, 3.63) is 23.3 Å². The van der Waals surface area contributed by atoms with Crippen LogP contribution in [0.5, 0.6) is 11.5 Å². The first-order chi connectivity index (χ1) is 8.18. The first-order valence-corrected chi connectivity index (χ1v) is 5.50. The maximum atomic E-state index is 10.8. The number of hydrogen-bond donors (Lipinski definition) is 3. The Balaban J connectivity index is 3.41. The molecule has 5 nitrogen and oxygen atoms in total. The molecule has 0 heterocycles. The van der Waals surface area contributed by atoms with Crippen LogP contribution in [0.25, 0.3) is 0 Å². The summed E-state index contributed by atoms with van der Waals surface area (Å²) in [6, 6.07) is 2.79. The molecule has 1 atom stereocenters. The third-order valence-corrected chi connectivity index (χ3v) is 2.68. The summed E-state index contributed by atoms with van der Waals surface area (Å²) in [5, 5.41) is 28.2. The second kappa shape index (κ2) is 4.86. The Morgan fingerprint density at radius 1 is 1.33 bits per heavy atom. The van der Waals surface area contributed by atoms with Crippen LogP contribution in [0.15, 0.2) is 12.1 Å².